The van der Waals surface area contributed by atoms with Crippen LogP contribution in [-0.2, 0) is 0 Å². The van der Waals surface area contributed by atoms with Crippen molar-refractivity contribution in [3.8, 4) is 33.4 Å². The molecule has 0 spiro atoms. The van der Waals surface area contributed by atoms with Gasteiger partial charge in [0.1, 0.15) is 22.3 Å². The van der Waals surface area contributed by atoms with E-state index in [0.717, 1.165) is 66.5 Å². The highest BCUT2D eigenvalue weighted by Crippen LogP contribution is 2.44. The topological polar surface area (TPSA) is 29.5 Å². The Hall–Kier alpha value is -7.36. The Morgan fingerprint density at radius 2 is 0.818 bits per heavy atom. The zero-order valence-electron chi connectivity index (χ0n) is 29.8. The van der Waals surface area contributed by atoms with Crippen LogP contribution >= 0.6 is 0 Å². The Labute approximate surface area is 317 Å². The van der Waals surface area contributed by atoms with Crippen LogP contribution in [-0.4, -0.2) is 0 Å². The fraction of sp³-hybridized carbons (Fsp3) is 0. The average molecular weight is 704 g/mol. The second-order valence-corrected chi connectivity index (χ2v) is 14.1. The van der Waals surface area contributed by atoms with Crippen LogP contribution in [0.15, 0.2) is 209 Å². The molecule has 258 valence electrons. The number of hydrogen-bond donors (Lipinski definition) is 0. The third kappa shape index (κ3) is 5.36. The summed E-state index contributed by atoms with van der Waals surface area (Å²) in [6.07, 6.45) is 0. The summed E-state index contributed by atoms with van der Waals surface area (Å²) in [4.78, 5) is 2.33. The Bertz CT molecular complexity index is 3200. The van der Waals surface area contributed by atoms with Gasteiger partial charge in [0.25, 0.3) is 0 Å². The quantitative estimate of drug-likeness (QED) is 0.173. The van der Waals surface area contributed by atoms with E-state index in [1.54, 1.807) is 0 Å². The molecule has 11 rings (SSSR count). The molecule has 0 bridgehead atoms. The lowest BCUT2D eigenvalue weighted by Gasteiger charge is -2.26. The van der Waals surface area contributed by atoms with Gasteiger partial charge in [0.2, 0.25) is 0 Å². The molecular formula is C52H33NO2. The highest BCUT2D eigenvalue weighted by Gasteiger charge is 2.20. The molecule has 3 heteroatoms. The lowest BCUT2D eigenvalue weighted by Crippen LogP contribution is -2.10. The lowest BCUT2D eigenvalue weighted by atomic mass is 9.96. The molecule has 0 aliphatic heterocycles. The van der Waals surface area contributed by atoms with Crippen LogP contribution in [0.4, 0.5) is 17.1 Å². The molecule has 0 N–H and O–H groups in total. The van der Waals surface area contributed by atoms with E-state index in [1.165, 1.54) is 38.6 Å². The van der Waals surface area contributed by atoms with Crippen LogP contribution in [0.1, 0.15) is 0 Å². The maximum atomic E-state index is 6.35. The molecule has 0 saturated heterocycles. The minimum Gasteiger partial charge on any atom is -0.456 e. The number of fused-ring (bicyclic) bond motifs is 7. The van der Waals surface area contributed by atoms with Crippen molar-refractivity contribution in [1.29, 1.82) is 0 Å². The van der Waals surface area contributed by atoms with Gasteiger partial charge >= 0.3 is 0 Å². The summed E-state index contributed by atoms with van der Waals surface area (Å²) in [6.45, 7) is 0. The van der Waals surface area contributed by atoms with E-state index in [-0.39, 0.29) is 0 Å². The van der Waals surface area contributed by atoms with E-state index in [4.69, 9.17) is 8.83 Å². The molecule has 11 aromatic rings. The first kappa shape index (κ1) is 31.2. The minimum absolute atomic E-state index is 0.859. The van der Waals surface area contributed by atoms with Gasteiger partial charge in [-0.3, -0.25) is 0 Å². The second kappa shape index (κ2) is 12.6. The monoisotopic (exact) mass is 703 g/mol. The summed E-state index contributed by atoms with van der Waals surface area (Å²) < 4.78 is 12.6. The molecule has 2 aromatic heterocycles. The average Bonchev–Trinajstić information content (AvgIpc) is 3.83. The van der Waals surface area contributed by atoms with Gasteiger partial charge in [-0.1, -0.05) is 133 Å². The van der Waals surface area contributed by atoms with Gasteiger partial charge < -0.3 is 13.7 Å². The maximum absolute atomic E-state index is 6.35. The van der Waals surface area contributed by atoms with E-state index in [0.29, 0.717) is 0 Å². The second-order valence-electron chi connectivity index (χ2n) is 14.1. The van der Waals surface area contributed by atoms with Crippen LogP contribution < -0.4 is 4.90 Å². The Morgan fingerprint density at radius 1 is 0.291 bits per heavy atom. The molecule has 2 heterocycles. The summed E-state index contributed by atoms with van der Waals surface area (Å²) in [5.74, 6) is 0. The molecule has 55 heavy (non-hydrogen) atoms. The van der Waals surface area contributed by atoms with Gasteiger partial charge in [-0.15, -0.1) is 0 Å². The first-order valence-corrected chi connectivity index (χ1v) is 18.7. The molecule has 0 fully saturated rings. The van der Waals surface area contributed by atoms with Crippen molar-refractivity contribution in [1.82, 2.24) is 0 Å². The first-order valence-electron chi connectivity index (χ1n) is 18.7. The number of benzene rings is 9. The van der Waals surface area contributed by atoms with Crippen molar-refractivity contribution in [2.75, 3.05) is 4.90 Å². The van der Waals surface area contributed by atoms with Crippen LogP contribution in [0, 0.1) is 0 Å². The Balaban J connectivity index is 0.965. The molecule has 0 unspecified atom stereocenters. The van der Waals surface area contributed by atoms with E-state index < -0.39 is 0 Å². The van der Waals surface area contributed by atoms with Gasteiger partial charge in [-0.25, -0.2) is 0 Å². The van der Waals surface area contributed by atoms with E-state index in [1.807, 2.05) is 24.3 Å². The van der Waals surface area contributed by atoms with Crippen molar-refractivity contribution >= 4 is 71.7 Å². The minimum atomic E-state index is 0.859. The van der Waals surface area contributed by atoms with Gasteiger partial charge in [-0.2, -0.15) is 0 Å². The lowest BCUT2D eigenvalue weighted by molar-refractivity contribution is 0.668. The predicted molar refractivity (Wildman–Crippen MR) is 229 cm³/mol. The summed E-state index contributed by atoms with van der Waals surface area (Å²) in [7, 11) is 0. The fourth-order valence-electron chi connectivity index (χ4n) is 8.13. The van der Waals surface area contributed by atoms with E-state index in [2.05, 4.69) is 181 Å². The van der Waals surface area contributed by atoms with Crippen LogP contribution in [0.5, 0.6) is 0 Å². The number of furan rings is 2. The summed E-state index contributed by atoms with van der Waals surface area (Å²) >= 11 is 0. The molecule has 0 amide bonds. The number of hydrogen-bond acceptors (Lipinski definition) is 3. The zero-order chi connectivity index (χ0) is 36.3. The van der Waals surface area contributed by atoms with Crippen LogP contribution in [0.3, 0.4) is 0 Å². The van der Waals surface area contributed by atoms with Crippen LogP contribution in [0.2, 0.25) is 0 Å². The normalized spacial score (nSPS) is 11.6. The molecule has 9 aromatic carbocycles. The summed E-state index contributed by atoms with van der Waals surface area (Å²) in [5.41, 5.74) is 13.8. The molecule has 0 radical (unpaired) electrons. The number of nitrogens with zero attached hydrogens (tertiary/aromatic N) is 1. The van der Waals surface area contributed by atoms with Gasteiger partial charge in [0, 0.05) is 27.5 Å². The molecule has 0 saturated carbocycles. The largest absolute Gasteiger partial charge is 0.456 e. The van der Waals surface area contributed by atoms with Crippen molar-refractivity contribution in [3.63, 3.8) is 0 Å². The standard InChI is InChI=1S/C52H33NO2/c1-2-10-38-32-41(24-23-34(38)9-1)40-12-7-11-39(31-40)37-21-19-35(20-22-37)36-25-27-42(28-26-36)53(43-29-30-50-46(33-43)44-13-3-5-16-48(44)54-50)47-15-8-18-51-52(47)45-14-4-6-17-49(45)55-51/h1-33H. The molecule has 3 nitrogen and oxygen atoms in total. The highest BCUT2D eigenvalue weighted by atomic mass is 16.3. The van der Waals surface area contributed by atoms with Crippen molar-refractivity contribution < 1.29 is 8.83 Å². The number of rotatable bonds is 6. The van der Waals surface area contributed by atoms with Crippen molar-refractivity contribution in [2.45, 2.75) is 0 Å². The SMILES string of the molecule is c1cc(-c2ccc(-c3ccc(N(c4ccc5oc6ccccc6c5c4)c4cccc5oc6ccccc6c45)cc3)cc2)cc(-c2ccc3ccccc3c2)c1. The third-order valence-electron chi connectivity index (χ3n) is 10.9. The molecule has 0 aliphatic rings. The smallest absolute Gasteiger partial charge is 0.137 e. The first-order chi connectivity index (χ1) is 27.2. The molecular weight excluding hydrogens is 671 g/mol. The van der Waals surface area contributed by atoms with Crippen molar-refractivity contribution in [2.24, 2.45) is 0 Å². The number of para-hydroxylation sites is 2. The van der Waals surface area contributed by atoms with Gasteiger partial charge in [0.05, 0.1) is 11.1 Å². The van der Waals surface area contributed by atoms with Gasteiger partial charge in [-0.05, 0) is 111 Å². The van der Waals surface area contributed by atoms with E-state index >= 15 is 0 Å². The summed E-state index contributed by atoms with van der Waals surface area (Å²) in [5, 5.41) is 6.87. The Kier molecular flexibility index (Phi) is 7.17. The molecule has 0 atom stereocenters. The van der Waals surface area contributed by atoms with E-state index in [9.17, 15) is 0 Å². The predicted octanol–water partition coefficient (Wildman–Crippen LogP) is 15.1. The van der Waals surface area contributed by atoms with Crippen LogP contribution in [0.25, 0.3) is 88.0 Å². The Morgan fingerprint density at radius 3 is 1.62 bits per heavy atom. The summed E-state index contributed by atoms with van der Waals surface area (Å²) in [6, 6.07) is 71.1. The van der Waals surface area contributed by atoms with Crippen molar-refractivity contribution in [3.05, 3.63) is 200 Å². The fourth-order valence-corrected chi connectivity index (χ4v) is 8.13. The highest BCUT2D eigenvalue weighted by molar-refractivity contribution is 6.14. The van der Waals surface area contributed by atoms with Gasteiger partial charge in [0.15, 0.2) is 0 Å². The molecule has 0 aliphatic carbocycles. The third-order valence-corrected chi connectivity index (χ3v) is 10.9. The zero-order valence-corrected chi connectivity index (χ0v) is 29.8. The number of anilines is 3. The maximum Gasteiger partial charge on any atom is 0.137 e.